The van der Waals surface area contributed by atoms with Crippen molar-refractivity contribution in [2.75, 3.05) is 26.2 Å². The SMILES string of the molecule is CCC1CN(C(=O)NCCn2cc(C(=O)O)nn2)CCO1. The summed E-state index contributed by atoms with van der Waals surface area (Å²) in [4.78, 5) is 24.4. The highest BCUT2D eigenvalue weighted by Gasteiger charge is 2.22. The number of rotatable bonds is 5. The van der Waals surface area contributed by atoms with Crippen LogP contribution in [0.4, 0.5) is 4.79 Å². The molecule has 0 saturated carbocycles. The highest BCUT2D eigenvalue weighted by atomic mass is 16.5. The predicted molar refractivity (Wildman–Crippen MR) is 72.0 cm³/mol. The highest BCUT2D eigenvalue weighted by Crippen LogP contribution is 2.07. The minimum atomic E-state index is -1.12. The molecule has 1 fully saturated rings. The molecule has 2 heterocycles. The monoisotopic (exact) mass is 297 g/mol. The summed E-state index contributed by atoms with van der Waals surface area (Å²) in [7, 11) is 0. The second-order valence-electron chi connectivity index (χ2n) is 4.75. The largest absolute Gasteiger partial charge is 0.476 e. The van der Waals surface area contributed by atoms with Crippen molar-refractivity contribution in [3.8, 4) is 0 Å². The van der Waals surface area contributed by atoms with Crippen LogP contribution in [0.25, 0.3) is 0 Å². The van der Waals surface area contributed by atoms with Gasteiger partial charge >= 0.3 is 12.0 Å². The van der Waals surface area contributed by atoms with E-state index >= 15 is 0 Å². The van der Waals surface area contributed by atoms with Crippen molar-refractivity contribution < 1.29 is 19.4 Å². The van der Waals surface area contributed by atoms with Crippen LogP contribution in [0.5, 0.6) is 0 Å². The van der Waals surface area contributed by atoms with Gasteiger partial charge in [0.05, 0.1) is 25.5 Å². The van der Waals surface area contributed by atoms with Gasteiger partial charge in [-0.15, -0.1) is 5.10 Å². The molecule has 2 rings (SSSR count). The number of carbonyl (C=O) groups is 2. The first-order valence-electron chi connectivity index (χ1n) is 6.88. The maximum atomic E-state index is 12.0. The van der Waals surface area contributed by atoms with Crippen LogP contribution in [0.1, 0.15) is 23.8 Å². The lowest BCUT2D eigenvalue weighted by Crippen LogP contribution is -2.49. The van der Waals surface area contributed by atoms with E-state index in [0.29, 0.717) is 32.8 Å². The molecule has 2 amide bonds. The molecule has 1 atom stereocenters. The lowest BCUT2D eigenvalue weighted by Gasteiger charge is -2.32. The van der Waals surface area contributed by atoms with E-state index in [1.807, 2.05) is 6.92 Å². The van der Waals surface area contributed by atoms with Crippen LogP contribution in [0.2, 0.25) is 0 Å². The van der Waals surface area contributed by atoms with Crippen LogP contribution in [0.3, 0.4) is 0 Å². The summed E-state index contributed by atoms with van der Waals surface area (Å²) in [6.07, 6.45) is 2.30. The molecule has 2 N–H and O–H groups in total. The number of aromatic carboxylic acids is 1. The molecule has 9 nitrogen and oxygen atoms in total. The quantitative estimate of drug-likeness (QED) is 0.778. The van der Waals surface area contributed by atoms with E-state index in [-0.39, 0.29) is 17.8 Å². The number of morpholine rings is 1. The molecule has 21 heavy (non-hydrogen) atoms. The standard InChI is InChI=1S/C12H19N5O4/c1-2-9-7-16(5-6-21-9)12(20)13-3-4-17-8-10(11(18)19)14-15-17/h8-9H,2-7H2,1H3,(H,13,20)(H,18,19). The van der Waals surface area contributed by atoms with Crippen LogP contribution < -0.4 is 5.32 Å². The number of aromatic nitrogens is 3. The van der Waals surface area contributed by atoms with Gasteiger partial charge in [-0.25, -0.2) is 14.3 Å². The van der Waals surface area contributed by atoms with E-state index in [1.165, 1.54) is 10.9 Å². The molecule has 1 saturated heterocycles. The smallest absolute Gasteiger partial charge is 0.358 e. The number of nitrogens with zero attached hydrogens (tertiary/aromatic N) is 4. The number of carboxylic acids is 1. The number of amides is 2. The molecule has 1 aromatic heterocycles. The Bertz CT molecular complexity index is 504. The zero-order valence-electron chi connectivity index (χ0n) is 11.9. The lowest BCUT2D eigenvalue weighted by atomic mass is 10.2. The zero-order valence-corrected chi connectivity index (χ0v) is 11.9. The Kier molecular flexibility index (Phi) is 5.09. The third-order valence-corrected chi connectivity index (χ3v) is 3.26. The normalized spacial score (nSPS) is 18.5. The Morgan fingerprint density at radius 3 is 3.05 bits per heavy atom. The number of hydrogen-bond donors (Lipinski definition) is 2. The van der Waals surface area contributed by atoms with Gasteiger partial charge in [-0.1, -0.05) is 12.1 Å². The topological polar surface area (TPSA) is 110 Å². The number of carbonyl (C=O) groups excluding carboxylic acids is 1. The number of ether oxygens (including phenoxy) is 1. The summed E-state index contributed by atoms with van der Waals surface area (Å²) >= 11 is 0. The number of urea groups is 1. The van der Waals surface area contributed by atoms with Crippen molar-refractivity contribution in [2.45, 2.75) is 26.0 Å². The minimum Gasteiger partial charge on any atom is -0.476 e. The Morgan fingerprint density at radius 1 is 1.57 bits per heavy atom. The Hall–Kier alpha value is -2.16. The van der Waals surface area contributed by atoms with Gasteiger partial charge < -0.3 is 20.1 Å². The van der Waals surface area contributed by atoms with Crippen molar-refractivity contribution in [1.29, 1.82) is 0 Å². The van der Waals surface area contributed by atoms with Crippen LogP contribution in [-0.4, -0.2) is 69.3 Å². The van der Waals surface area contributed by atoms with Gasteiger partial charge in [0, 0.05) is 19.6 Å². The van der Waals surface area contributed by atoms with Gasteiger partial charge in [-0.3, -0.25) is 0 Å². The second kappa shape index (κ2) is 7.02. The van der Waals surface area contributed by atoms with Gasteiger partial charge in [0.25, 0.3) is 0 Å². The summed E-state index contributed by atoms with van der Waals surface area (Å²) in [5, 5.41) is 18.7. The first kappa shape index (κ1) is 15.2. The summed E-state index contributed by atoms with van der Waals surface area (Å²) < 4.78 is 6.89. The maximum Gasteiger partial charge on any atom is 0.358 e. The molecular weight excluding hydrogens is 278 g/mol. The van der Waals surface area contributed by atoms with Gasteiger partial charge in [-0.05, 0) is 6.42 Å². The fourth-order valence-electron chi connectivity index (χ4n) is 2.05. The van der Waals surface area contributed by atoms with Crippen molar-refractivity contribution in [3.05, 3.63) is 11.9 Å². The molecular formula is C12H19N5O4. The van der Waals surface area contributed by atoms with Crippen molar-refractivity contribution in [2.24, 2.45) is 0 Å². The fraction of sp³-hybridized carbons (Fsp3) is 0.667. The van der Waals surface area contributed by atoms with Gasteiger partial charge in [0.1, 0.15) is 0 Å². The molecule has 0 bridgehead atoms. The van der Waals surface area contributed by atoms with Crippen LogP contribution in [0.15, 0.2) is 6.20 Å². The lowest BCUT2D eigenvalue weighted by molar-refractivity contribution is -0.0153. The summed E-state index contributed by atoms with van der Waals surface area (Å²) in [6, 6.07) is -0.143. The molecule has 0 aliphatic carbocycles. The van der Waals surface area contributed by atoms with Gasteiger partial charge in [0.2, 0.25) is 0 Å². The molecule has 0 radical (unpaired) electrons. The van der Waals surface area contributed by atoms with Crippen molar-refractivity contribution >= 4 is 12.0 Å². The summed E-state index contributed by atoms with van der Waals surface area (Å²) in [6.45, 7) is 4.47. The third-order valence-electron chi connectivity index (χ3n) is 3.26. The molecule has 1 aromatic rings. The molecule has 1 unspecified atom stereocenters. The van der Waals surface area contributed by atoms with E-state index in [9.17, 15) is 9.59 Å². The first-order chi connectivity index (χ1) is 10.1. The van der Waals surface area contributed by atoms with Crippen molar-refractivity contribution in [3.63, 3.8) is 0 Å². The number of carboxylic acid groups (broad SMARTS) is 1. The van der Waals surface area contributed by atoms with E-state index in [4.69, 9.17) is 9.84 Å². The zero-order chi connectivity index (χ0) is 15.2. The molecule has 116 valence electrons. The molecule has 1 aliphatic rings. The molecule has 0 spiro atoms. The average Bonchev–Trinajstić information content (AvgIpc) is 2.96. The van der Waals surface area contributed by atoms with Crippen LogP contribution in [0, 0.1) is 0 Å². The molecule has 1 aliphatic heterocycles. The van der Waals surface area contributed by atoms with E-state index in [2.05, 4.69) is 15.6 Å². The van der Waals surface area contributed by atoms with Crippen LogP contribution in [-0.2, 0) is 11.3 Å². The fourth-order valence-corrected chi connectivity index (χ4v) is 2.05. The van der Waals surface area contributed by atoms with E-state index in [0.717, 1.165) is 6.42 Å². The highest BCUT2D eigenvalue weighted by molar-refractivity contribution is 5.84. The number of nitrogens with one attached hydrogen (secondary N) is 1. The van der Waals surface area contributed by atoms with Crippen molar-refractivity contribution in [1.82, 2.24) is 25.2 Å². The Labute approximate surface area is 121 Å². The van der Waals surface area contributed by atoms with E-state index in [1.54, 1.807) is 4.90 Å². The average molecular weight is 297 g/mol. The summed E-state index contributed by atoms with van der Waals surface area (Å²) in [5.74, 6) is -1.12. The second-order valence-corrected chi connectivity index (χ2v) is 4.75. The Balaban J connectivity index is 1.74. The summed E-state index contributed by atoms with van der Waals surface area (Å²) in [5.41, 5.74) is -0.111. The first-order valence-corrected chi connectivity index (χ1v) is 6.88. The molecule has 0 aromatic carbocycles. The maximum absolute atomic E-state index is 12.0. The predicted octanol–water partition coefficient (Wildman–Crippen LogP) is -0.203. The minimum absolute atomic E-state index is 0.0953. The van der Waals surface area contributed by atoms with Gasteiger partial charge in [0.15, 0.2) is 5.69 Å². The number of hydrogen-bond acceptors (Lipinski definition) is 5. The Morgan fingerprint density at radius 2 is 2.38 bits per heavy atom. The molecule has 9 heteroatoms. The van der Waals surface area contributed by atoms with Gasteiger partial charge in [-0.2, -0.15) is 0 Å². The van der Waals surface area contributed by atoms with E-state index < -0.39 is 5.97 Å². The van der Waals surface area contributed by atoms with Crippen LogP contribution >= 0.6 is 0 Å². The third kappa shape index (κ3) is 4.15.